The lowest BCUT2D eigenvalue weighted by atomic mass is 10.00. The highest BCUT2D eigenvalue weighted by Crippen LogP contribution is 2.39. The smallest absolute Gasteiger partial charge is 0.416 e. The molecule has 0 atom stereocenters. The van der Waals surface area contributed by atoms with Crippen LogP contribution in [0.3, 0.4) is 0 Å². The Balaban J connectivity index is 2.67. The maximum atomic E-state index is 12.8. The van der Waals surface area contributed by atoms with Crippen LogP contribution in [0.2, 0.25) is 0 Å². The minimum Gasteiger partial charge on any atom is -0.496 e. The normalized spacial score (nSPS) is 11.5. The summed E-state index contributed by atoms with van der Waals surface area (Å²) in [6, 6.07) is 8.98. The molecule has 0 saturated heterocycles. The van der Waals surface area contributed by atoms with E-state index in [-0.39, 0.29) is 0 Å². The molecule has 106 valence electrons. The van der Waals surface area contributed by atoms with Gasteiger partial charge in [-0.25, -0.2) is 0 Å². The van der Waals surface area contributed by atoms with Gasteiger partial charge in [-0.15, -0.1) is 0 Å². The van der Waals surface area contributed by atoms with Gasteiger partial charge >= 0.3 is 6.18 Å². The van der Waals surface area contributed by atoms with Crippen LogP contribution in [0.25, 0.3) is 11.1 Å². The largest absolute Gasteiger partial charge is 0.496 e. The predicted molar refractivity (Wildman–Crippen MR) is 75.9 cm³/mol. The van der Waals surface area contributed by atoms with Crippen molar-refractivity contribution in [2.24, 2.45) is 0 Å². The van der Waals surface area contributed by atoms with Crippen molar-refractivity contribution in [3.05, 3.63) is 52.0 Å². The van der Waals surface area contributed by atoms with Crippen molar-refractivity contribution >= 4 is 15.9 Å². The summed E-state index contributed by atoms with van der Waals surface area (Å²) in [7, 11) is 1.44. The van der Waals surface area contributed by atoms with E-state index in [0.717, 1.165) is 22.2 Å². The van der Waals surface area contributed by atoms with Gasteiger partial charge in [-0.05, 0) is 36.8 Å². The second-order valence-electron chi connectivity index (χ2n) is 4.40. The summed E-state index contributed by atoms with van der Waals surface area (Å²) < 4.78 is 44.4. The Bertz CT molecular complexity index is 636. The Kier molecular flexibility index (Phi) is 4.09. The molecule has 0 unspecified atom stereocenters. The van der Waals surface area contributed by atoms with Crippen molar-refractivity contribution in [1.82, 2.24) is 0 Å². The molecule has 1 nitrogen and oxygen atoms in total. The molecule has 0 aliphatic carbocycles. The molecule has 20 heavy (non-hydrogen) atoms. The summed E-state index contributed by atoms with van der Waals surface area (Å²) >= 11 is 3.37. The first-order valence-electron chi connectivity index (χ1n) is 5.84. The van der Waals surface area contributed by atoms with E-state index in [0.29, 0.717) is 16.9 Å². The second kappa shape index (κ2) is 5.48. The maximum Gasteiger partial charge on any atom is 0.416 e. The Morgan fingerprint density at radius 2 is 1.70 bits per heavy atom. The number of halogens is 4. The van der Waals surface area contributed by atoms with Crippen LogP contribution < -0.4 is 4.74 Å². The Labute approximate surface area is 123 Å². The molecule has 0 aromatic heterocycles. The fraction of sp³-hybridized carbons (Fsp3) is 0.200. The molecular formula is C15H12BrF3O. The van der Waals surface area contributed by atoms with Crippen LogP contribution in [0.1, 0.15) is 11.1 Å². The van der Waals surface area contributed by atoms with Gasteiger partial charge < -0.3 is 4.74 Å². The molecule has 0 fully saturated rings. The fourth-order valence-corrected chi connectivity index (χ4v) is 2.40. The first-order chi connectivity index (χ1) is 9.32. The Morgan fingerprint density at radius 3 is 2.30 bits per heavy atom. The highest BCUT2D eigenvalue weighted by atomic mass is 79.9. The second-order valence-corrected chi connectivity index (χ2v) is 5.25. The minimum absolute atomic E-state index is 0.407. The fourth-order valence-electron chi connectivity index (χ4n) is 1.94. The first kappa shape index (κ1) is 14.9. The average Bonchev–Trinajstić information content (AvgIpc) is 2.40. The van der Waals surface area contributed by atoms with Crippen LogP contribution in [0.4, 0.5) is 13.2 Å². The predicted octanol–water partition coefficient (Wildman–Crippen LogP) is 5.45. The van der Waals surface area contributed by atoms with E-state index in [4.69, 9.17) is 4.74 Å². The molecule has 2 aromatic rings. The summed E-state index contributed by atoms with van der Waals surface area (Å²) in [6.45, 7) is 1.88. The lowest BCUT2D eigenvalue weighted by Gasteiger charge is -2.14. The summed E-state index contributed by atoms with van der Waals surface area (Å²) in [5.74, 6) is 0.407. The number of hydrogen-bond acceptors (Lipinski definition) is 1. The summed E-state index contributed by atoms with van der Waals surface area (Å²) in [4.78, 5) is 0. The first-order valence-corrected chi connectivity index (χ1v) is 6.64. The number of aryl methyl sites for hydroxylation is 1. The topological polar surface area (TPSA) is 9.23 Å². The number of methoxy groups -OCH3 is 1. The maximum absolute atomic E-state index is 12.8. The zero-order valence-corrected chi connectivity index (χ0v) is 12.5. The summed E-state index contributed by atoms with van der Waals surface area (Å²) in [6.07, 6.45) is -4.38. The van der Waals surface area contributed by atoms with E-state index in [1.54, 1.807) is 0 Å². The third kappa shape index (κ3) is 2.98. The molecule has 0 saturated carbocycles. The number of rotatable bonds is 2. The SMILES string of the molecule is COc1ccc(C(F)(F)F)cc1-c1cc(C)ccc1Br. The van der Waals surface area contributed by atoms with Gasteiger partial charge in [-0.2, -0.15) is 13.2 Å². The number of benzene rings is 2. The van der Waals surface area contributed by atoms with Crippen molar-refractivity contribution in [3.63, 3.8) is 0 Å². The van der Waals surface area contributed by atoms with Gasteiger partial charge in [0.05, 0.1) is 12.7 Å². The highest BCUT2D eigenvalue weighted by Gasteiger charge is 2.31. The molecule has 5 heteroatoms. The Hall–Kier alpha value is -1.49. The zero-order chi connectivity index (χ0) is 14.9. The van der Waals surface area contributed by atoms with Gasteiger partial charge in [-0.1, -0.05) is 33.6 Å². The number of alkyl halides is 3. The van der Waals surface area contributed by atoms with Crippen LogP contribution in [0.5, 0.6) is 5.75 Å². The third-order valence-corrected chi connectivity index (χ3v) is 3.63. The van der Waals surface area contributed by atoms with Crippen molar-refractivity contribution in [2.45, 2.75) is 13.1 Å². The standard InChI is InChI=1S/C15H12BrF3O/c1-9-3-5-13(16)11(7-9)12-8-10(15(17,18)19)4-6-14(12)20-2/h3-8H,1-2H3. The van der Waals surface area contributed by atoms with Crippen molar-refractivity contribution in [3.8, 4) is 16.9 Å². The van der Waals surface area contributed by atoms with Crippen LogP contribution in [0, 0.1) is 6.92 Å². The molecule has 0 heterocycles. The van der Waals surface area contributed by atoms with E-state index < -0.39 is 11.7 Å². The van der Waals surface area contributed by atoms with Crippen molar-refractivity contribution in [1.29, 1.82) is 0 Å². The van der Waals surface area contributed by atoms with E-state index in [2.05, 4.69) is 15.9 Å². The van der Waals surface area contributed by atoms with Gasteiger partial charge in [0.25, 0.3) is 0 Å². The van der Waals surface area contributed by atoms with Crippen LogP contribution in [-0.2, 0) is 6.18 Å². The van der Waals surface area contributed by atoms with Gasteiger partial charge in [0, 0.05) is 10.0 Å². The van der Waals surface area contributed by atoms with Gasteiger partial charge in [-0.3, -0.25) is 0 Å². The minimum atomic E-state index is -4.38. The van der Waals surface area contributed by atoms with Crippen LogP contribution in [-0.4, -0.2) is 7.11 Å². The average molecular weight is 345 g/mol. The van der Waals surface area contributed by atoms with Crippen LogP contribution in [0.15, 0.2) is 40.9 Å². The van der Waals surface area contributed by atoms with E-state index >= 15 is 0 Å². The van der Waals surface area contributed by atoms with Crippen LogP contribution >= 0.6 is 15.9 Å². The lowest BCUT2D eigenvalue weighted by Crippen LogP contribution is -2.05. The Morgan fingerprint density at radius 1 is 1.00 bits per heavy atom. The van der Waals surface area contributed by atoms with E-state index in [9.17, 15) is 13.2 Å². The lowest BCUT2D eigenvalue weighted by molar-refractivity contribution is -0.137. The zero-order valence-electron chi connectivity index (χ0n) is 10.9. The molecule has 0 N–H and O–H groups in total. The molecule has 0 amide bonds. The van der Waals surface area contributed by atoms with E-state index in [1.807, 2.05) is 25.1 Å². The van der Waals surface area contributed by atoms with Gasteiger partial charge in [0.1, 0.15) is 5.75 Å². The monoisotopic (exact) mass is 344 g/mol. The van der Waals surface area contributed by atoms with Gasteiger partial charge in [0.2, 0.25) is 0 Å². The third-order valence-electron chi connectivity index (χ3n) is 2.94. The molecule has 2 rings (SSSR count). The highest BCUT2D eigenvalue weighted by molar-refractivity contribution is 9.10. The molecule has 0 radical (unpaired) electrons. The number of ether oxygens (including phenoxy) is 1. The summed E-state index contributed by atoms with van der Waals surface area (Å²) in [5, 5.41) is 0. The number of hydrogen-bond donors (Lipinski definition) is 0. The molecular weight excluding hydrogens is 333 g/mol. The molecule has 2 aromatic carbocycles. The molecule has 0 spiro atoms. The summed E-state index contributed by atoms with van der Waals surface area (Å²) in [5.41, 5.74) is 1.36. The van der Waals surface area contributed by atoms with Crippen molar-refractivity contribution in [2.75, 3.05) is 7.11 Å². The molecule has 0 aliphatic heterocycles. The molecule has 0 bridgehead atoms. The quantitative estimate of drug-likeness (QED) is 0.703. The van der Waals surface area contributed by atoms with Gasteiger partial charge in [0.15, 0.2) is 0 Å². The molecule has 0 aliphatic rings. The van der Waals surface area contributed by atoms with Crippen molar-refractivity contribution < 1.29 is 17.9 Å². The van der Waals surface area contributed by atoms with E-state index in [1.165, 1.54) is 13.2 Å².